The molecule has 182 valence electrons. The van der Waals surface area contributed by atoms with Gasteiger partial charge in [0.15, 0.2) is 8.32 Å². The molecule has 4 heteroatoms. The summed E-state index contributed by atoms with van der Waals surface area (Å²) in [7, 11) is -1.76. The number of rotatable bonds is 3. The topological polar surface area (TPSA) is 29.5 Å². The first kappa shape index (κ1) is 24.7. The van der Waals surface area contributed by atoms with Crippen LogP contribution in [-0.2, 0) is 4.43 Å². The second-order valence-electron chi connectivity index (χ2n) is 13.5. The second kappa shape index (κ2) is 8.05. The number of aliphatic hydroxyl groups excluding tert-OH is 1. The summed E-state index contributed by atoms with van der Waals surface area (Å²) in [6, 6.07) is 0. The number of hydrogen-bond donors (Lipinski definition) is 1. The molecule has 1 N–H and O–H groups in total. The lowest BCUT2D eigenvalue weighted by atomic mass is 9.46. The highest BCUT2D eigenvalue weighted by molar-refractivity contribution is 6.74. The molecule has 0 aromatic carbocycles. The van der Waals surface area contributed by atoms with Crippen molar-refractivity contribution >= 4 is 8.32 Å². The minimum absolute atomic E-state index is 0.0629. The average Bonchev–Trinajstić information content (AvgIpc) is 3.04. The molecule has 0 amide bonds. The van der Waals surface area contributed by atoms with E-state index in [9.17, 15) is 9.50 Å². The molecule has 0 radical (unpaired) electrons. The van der Waals surface area contributed by atoms with E-state index in [0.29, 0.717) is 29.8 Å². The van der Waals surface area contributed by atoms with Gasteiger partial charge in [-0.2, -0.15) is 0 Å². The molecule has 0 heterocycles. The van der Waals surface area contributed by atoms with E-state index in [0.717, 1.165) is 31.3 Å². The van der Waals surface area contributed by atoms with Gasteiger partial charge in [0.05, 0.1) is 6.61 Å². The van der Waals surface area contributed by atoms with Gasteiger partial charge in [-0.25, -0.2) is 4.39 Å². The van der Waals surface area contributed by atoms with Gasteiger partial charge in [0.25, 0.3) is 0 Å². The first-order valence-electron chi connectivity index (χ1n) is 13.1. The van der Waals surface area contributed by atoms with Gasteiger partial charge < -0.3 is 9.53 Å². The van der Waals surface area contributed by atoms with Crippen LogP contribution in [-0.4, -0.2) is 26.1 Å². The molecular formula is C28H47FO2Si. The zero-order valence-electron chi connectivity index (χ0n) is 21.9. The minimum Gasteiger partial charge on any atom is -0.414 e. The lowest BCUT2D eigenvalue weighted by molar-refractivity contribution is -0.0449. The van der Waals surface area contributed by atoms with Gasteiger partial charge >= 0.3 is 0 Å². The average molecular weight is 463 g/mol. The summed E-state index contributed by atoms with van der Waals surface area (Å²) in [5.74, 6) is 2.16. The maximum Gasteiger partial charge on any atom is 0.192 e. The molecule has 4 aliphatic rings. The number of aliphatic hydroxyl groups is 1. The van der Waals surface area contributed by atoms with Gasteiger partial charge in [0.1, 0.15) is 5.83 Å². The van der Waals surface area contributed by atoms with E-state index in [1.807, 2.05) is 0 Å². The van der Waals surface area contributed by atoms with Crippen LogP contribution in [0.15, 0.2) is 23.0 Å². The van der Waals surface area contributed by atoms with Crippen molar-refractivity contribution in [2.75, 3.05) is 6.61 Å². The van der Waals surface area contributed by atoms with Crippen LogP contribution in [0.2, 0.25) is 18.1 Å². The van der Waals surface area contributed by atoms with Crippen LogP contribution in [0, 0.1) is 34.5 Å². The molecule has 32 heavy (non-hydrogen) atoms. The third kappa shape index (κ3) is 3.71. The Morgan fingerprint density at radius 3 is 2.38 bits per heavy atom. The smallest absolute Gasteiger partial charge is 0.192 e. The third-order valence-corrected chi connectivity index (χ3v) is 15.4. The highest BCUT2D eigenvalue weighted by Gasteiger charge is 2.59. The molecule has 4 aliphatic carbocycles. The number of allylic oxidation sites excluding steroid dienone is 2. The van der Waals surface area contributed by atoms with Gasteiger partial charge in [0, 0.05) is 6.10 Å². The number of hydrogen-bond acceptors (Lipinski definition) is 2. The Kier molecular flexibility index (Phi) is 6.21. The summed E-state index contributed by atoms with van der Waals surface area (Å²) in [4.78, 5) is 0. The van der Waals surface area contributed by atoms with Crippen LogP contribution in [0.25, 0.3) is 0 Å². The Morgan fingerprint density at radius 2 is 1.75 bits per heavy atom. The van der Waals surface area contributed by atoms with E-state index >= 15 is 0 Å². The van der Waals surface area contributed by atoms with Crippen LogP contribution in [0.3, 0.4) is 0 Å². The fourth-order valence-electron chi connectivity index (χ4n) is 8.03. The maximum atomic E-state index is 14.6. The van der Waals surface area contributed by atoms with Crippen molar-refractivity contribution < 1.29 is 13.9 Å². The Bertz CT molecular complexity index is 809. The molecule has 0 saturated heterocycles. The maximum absolute atomic E-state index is 14.6. The van der Waals surface area contributed by atoms with Gasteiger partial charge in [-0.1, -0.05) is 53.2 Å². The van der Waals surface area contributed by atoms with Crippen LogP contribution < -0.4 is 0 Å². The Morgan fingerprint density at radius 1 is 1.12 bits per heavy atom. The quantitative estimate of drug-likeness (QED) is 0.342. The molecular weight excluding hydrogens is 415 g/mol. The van der Waals surface area contributed by atoms with Crippen molar-refractivity contribution in [2.45, 2.75) is 111 Å². The zero-order valence-corrected chi connectivity index (χ0v) is 22.9. The van der Waals surface area contributed by atoms with Gasteiger partial charge in [-0.05, 0) is 103 Å². The molecule has 0 spiro atoms. The summed E-state index contributed by atoms with van der Waals surface area (Å²) in [6.07, 6.45) is 10.6. The van der Waals surface area contributed by atoms with Crippen LogP contribution in [0.1, 0.15) is 86.5 Å². The van der Waals surface area contributed by atoms with Crippen molar-refractivity contribution in [3.05, 3.63) is 23.0 Å². The molecule has 3 fully saturated rings. The van der Waals surface area contributed by atoms with E-state index in [1.54, 1.807) is 5.57 Å². The summed E-state index contributed by atoms with van der Waals surface area (Å²) in [5, 5.41) is 9.73. The largest absolute Gasteiger partial charge is 0.414 e. The minimum atomic E-state index is -1.76. The van der Waals surface area contributed by atoms with Crippen molar-refractivity contribution in [1.29, 1.82) is 0 Å². The van der Waals surface area contributed by atoms with E-state index in [1.165, 1.54) is 19.3 Å². The fourth-order valence-corrected chi connectivity index (χ4v) is 9.42. The monoisotopic (exact) mass is 462 g/mol. The van der Waals surface area contributed by atoms with Crippen LogP contribution >= 0.6 is 0 Å². The molecule has 0 bridgehead atoms. The van der Waals surface area contributed by atoms with Crippen LogP contribution in [0.5, 0.6) is 0 Å². The molecule has 4 rings (SSSR count). The third-order valence-electron chi connectivity index (χ3n) is 10.9. The molecule has 2 unspecified atom stereocenters. The predicted octanol–water partition coefficient (Wildman–Crippen LogP) is 7.80. The van der Waals surface area contributed by atoms with E-state index in [2.05, 4.69) is 60.7 Å². The Hall–Kier alpha value is -0.453. The zero-order chi connectivity index (χ0) is 23.7. The highest BCUT2D eigenvalue weighted by atomic mass is 28.4. The first-order valence-corrected chi connectivity index (χ1v) is 16.0. The number of halogens is 1. The highest BCUT2D eigenvalue weighted by Crippen LogP contribution is 2.67. The molecule has 0 aliphatic heterocycles. The Balaban J connectivity index is 1.60. The van der Waals surface area contributed by atoms with E-state index in [-0.39, 0.29) is 21.7 Å². The molecule has 3 saturated carbocycles. The van der Waals surface area contributed by atoms with Crippen molar-refractivity contribution in [3.8, 4) is 0 Å². The molecule has 0 aromatic rings. The summed E-state index contributed by atoms with van der Waals surface area (Å²) in [5.41, 5.74) is 2.79. The van der Waals surface area contributed by atoms with Crippen molar-refractivity contribution in [3.63, 3.8) is 0 Å². The SMILES string of the molecule is CC1C=C2CC(O[Si](C)(C)C(C)(C)C)CC[C@]2(C)[C@H]2CC[C@]3(C)C(=C(F)CO)CC[C@H]3[C@H]12. The van der Waals surface area contributed by atoms with E-state index in [4.69, 9.17) is 4.43 Å². The fraction of sp³-hybridized carbons (Fsp3) is 0.857. The molecule has 2 nitrogen and oxygen atoms in total. The first-order chi connectivity index (χ1) is 14.7. The summed E-state index contributed by atoms with van der Waals surface area (Å²) >= 11 is 0. The second-order valence-corrected chi connectivity index (χ2v) is 18.3. The van der Waals surface area contributed by atoms with Crippen LogP contribution in [0.4, 0.5) is 4.39 Å². The lowest BCUT2D eigenvalue weighted by Crippen LogP contribution is -2.53. The van der Waals surface area contributed by atoms with E-state index < -0.39 is 14.9 Å². The van der Waals surface area contributed by atoms with Gasteiger partial charge in [-0.15, -0.1) is 0 Å². The normalized spacial score (nSPS) is 43.8. The predicted molar refractivity (Wildman–Crippen MR) is 134 cm³/mol. The summed E-state index contributed by atoms with van der Waals surface area (Å²) < 4.78 is 21.5. The summed E-state index contributed by atoms with van der Waals surface area (Å²) in [6.45, 7) is 18.6. The lowest BCUT2D eigenvalue weighted by Gasteiger charge is -2.59. The molecule has 0 aromatic heterocycles. The van der Waals surface area contributed by atoms with Crippen molar-refractivity contribution in [2.24, 2.45) is 34.5 Å². The van der Waals surface area contributed by atoms with Gasteiger partial charge in [-0.3, -0.25) is 0 Å². The number of fused-ring (bicyclic) bond motifs is 5. The van der Waals surface area contributed by atoms with Gasteiger partial charge in [0.2, 0.25) is 0 Å². The van der Waals surface area contributed by atoms with Crippen molar-refractivity contribution in [1.82, 2.24) is 0 Å². The molecule has 7 atom stereocenters. The Labute approximate surface area is 197 Å². The standard InChI is InChI=1S/C28H47FO2Si/c1-18-15-19-16-20(31-32(7,8)26(2,3)4)11-13-27(19,5)23-12-14-28(6)21(24(29)17-30)9-10-22(28)25(18)23/h15,18,20,22-23,25,30H,9-14,16-17H2,1-8H3/t18?,20?,22-,23-,25-,27-,28+/m0/s1.